The van der Waals surface area contributed by atoms with Crippen LogP contribution in [0.2, 0.25) is 10.0 Å². The molecule has 0 aliphatic heterocycles. The van der Waals surface area contributed by atoms with E-state index < -0.39 is 17.4 Å². The molecule has 2 aromatic heterocycles. The number of aryl methyl sites for hydroxylation is 1. The molecule has 0 saturated carbocycles. The van der Waals surface area contributed by atoms with E-state index in [1.165, 1.54) is 17.9 Å². The van der Waals surface area contributed by atoms with Gasteiger partial charge in [0.1, 0.15) is 0 Å². The summed E-state index contributed by atoms with van der Waals surface area (Å²) in [7, 11) is 3.03. The highest BCUT2D eigenvalue weighted by Crippen LogP contribution is 2.19. The van der Waals surface area contributed by atoms with E-state index >= 15 is 0 Å². The van der Waals surface area contributed by atoms with E-state index in [-0.39, 0.29) is 19.8 Å². The summed E-state index contributed by atoms with van der Waals surface area (Å²) in [5.41, 5.74) is 1.49. The molecule has 1 atom stereocenters. The molecule has 0 aliphatic carbocycles. The molecule has 0 saturated heterocycles. The quantitative estimate of drug-likeness (QED) is 0.349. The van der Waals surface area contributed by atoms with Crippen molar-refractivity contribution < 1.29 is 9.47 Å². The Morgan fingerprint density at radius 3 is 2.18 bits per heavy atom. The summed E-state index contributed by atoms with van der Waals surface area (Å²) in [6.07, 6.45) is 1.10. The van der Waals surface area contributed by atoms with Crippen molar-refractivity contribution in [1.82, 2.24) is 18.7 Å². The Morgan fingerprint density at radius 1 is 0.912 bits per heavy atom. The Bertz CT molecular complexity index is 1430. The second-order valence-corrected chi connectivity index (χ2v) is 8.72. The van der Waals surface area contributed by atoms with E-state index in [9.17, 15) is 9.59 Å². The Morgan fingerprint density at radius 2 is 1.53 bits per heavy atom. The maximum atomic E-state index is 12.8. The second kappa shape index (κ2) is 10.6. The van der Waals surface area contributed by atoms with Crippen molar-refractivity contribution in [3.8, 4) is 0 Å². The first-order chi connectivity index (χ1) is 16.4. The number of imidazole rings is 1. The van der Waals surface area contributed by atoms with Crippen LogP contribution in [0.15, 0.2) is 64.4 Å². The number of aromatic nitrogens is 4. The average Bonchev–Trinajstić information content (AvgIpc) is 3.25. The maximum Gasteiger partial charge on any atom is 0.332 e. The summed E-state index contributed by atoms with van der Waals surface area (Å²) in [4.78, 5) is 29.3. The lowest BCUT2D eigenvalue weighted by Gasteiger charge is -2.20. The highest BCUT2D eigenvalue weighted by atomic mass is 35.5. The smallest absolute Gasteiger partial charge is 0.332 e. The first kappa shape index (κ1) is 24.2. The molecule has 0 unspecified atom stereocenters. The number of halogens is 2. The van der Waals surface area contributed by atoms with Crippen LogP contribution in [0.1, 0.15) is 11.1 Å². The number of rotatable bonds is 9. The van der Waals surface area contributed by atoms with Crippen LogP contribution in [0.5, 0.6) is 0 Å². The summed E-state index contributed by atoms with van der Waals surface area (Å²) in [5, 5.41) is 1.23. The summed E-state index contributed by atoms with van der Waals surface area (Å²) in [6, 6.07) is 14.9. The van der Waals surface area contributed by atoms with Crippen LogP contribution in [-0.4, -0.2) is 31.4 Å². The summed E-state index contributed by atoms with van der Waals surface area (Å²) in [5.74, 6) is 0. The van der Waals surface area contributed by atoms with Gasteiger partial charge in [-0.15, -0.1) is 0 Å². The SMILES string of the molecule is Cn1c(=O)c2c(ncn2C[C@H](COCc2ccccc2Cl)OCc2ccccc2Cl)n(C)c1=O. The molecule has 4 aromatic rings. The fourth-order valence-electron chi connectivity index (χ4n) is 3.65. The van der Waals surface area contributed by atoms with Crippen LogP contribution in [-0.2, 0) is 43.3 Å². The minimum absolute atomic E-state index is 0.238. The van der Waals surface area contributed by atoms with Crippen molar-refractivity contribution in [2.45, 2.75) is 25.9 Å². The molecule has 178 valence electrons. The molecular weight excluding hydrogens is 479 g/mol. The van der Waals surface area contributed by atoms with E-state index in [2.05, 4.69) is 4.98 Å². The Hall–Kier alpha value is -2.91. The van der Waals surface area contributed by atoms with Crippen LogP contribution in [0.3, 0.4) is 0 Å². The van der Waals surface area contributed by atoms with Crippen molar-refractivity contribution in [3.63, 3.8) is 0 Å². The molecule has 2 aromatic carbocycles. The standard InChI is InChI=1S/C24H24Cl2N4O4/c1-28-22-21(23(31)29(2)24(28)32)30(15-27-22)11-18(34-13-17-8-4-6-10-20(17)26)14-33-12-16-7-3-5-9-19(16)25/h3-10,15,18H,11-14H2,1-2H3/t18-/m1/s1. The summed E-state index contributed by atoms with van der Waals surface area (Å²) < 4.78 is 16.2. The van der Waals surface area contributed by atoms with E-state index in [4.69, 9.17) is 32.7 Å². The van der Waals surface area contributed by atoms with Gasteiger partial charge in [-0.1, -0.05) is 59.6 Å². The largest absolute Gasteiger partial charge is 0.374 e. The topological polar surface area (TPSA) is 80.3 Å². The fraction of sp³-hybridized carbons (Fsp3) is 0.292. The molecule has 0 N–H and O–H groups in total. The van der Waals surface area contributed by atoms with Crippen LogP contribution in [0.4, 0.5) is 0 Å². The third-order valence-electron chi connectivity index (χ3n) is 5.57. The van der Waals surface area contributed by atoms with E-state index in [0.29, 0.717) is 27.8 Å². The summed E-state index contributed by atoms with van der Waals surface area (Å²) in [6.45, 7) is 1.10. The highest BCUT2D eigenvalue weighted by molar-refractivity contribution is 6.31. The molecule has 0 spiro atoms. The van der Waals surface area contributed by atoms with Gasteiger partial charge in [-0.3, -0.25) is 13.9 Å². The number of hydrogen-bond donors (Lipinski definition) is 0. The number of nitrogens with zero attached hydrogens (tertiary/aromatic N) is 4. The van der Waals surface area contributed by atoms with Gasteiger partial charge in [0.15, 0.2) is 11.2 Å². The Balaban J connectivity index is 1.57. The van der Waals surface area contributed by atoms with Gasteiger partial charge >= 0.3 is 5.69 Å². The van der Waals surface area contributed by atoms with E-state index in [1.807, 2.05) is 42.5 Å². The van der Waals surface area contributed by atoms with E-state index in [0.717, 1.165) is 15.7 Å². The zero-order chi connectivity index (χ0) is 24.2. The fourth-order valence-corrected chi connectivity index (χ4v) is 4.03. The molecule has 0 bridgehead atoms. The molecule has 34 heavy (non-hydrogen) atoms. The lowest BCUT2D eigenvalue weighted by atomic mass is 10.2. The zero-order valence-corrected chi connectivity index (χ0v) is 20.3. The minimum atomic E-state index is -0.433. The van der Waals surface area contributed by atoms with Gasteiger partial charge in [0.25, 0.3) is 5.56 Å². The van der Waals surface area contributed by atoms with Gasteiger partial charge in [-0.25, -0.2) is 9.78 Å². The average molecular weight is 503 g/mol. The predicted octanol–water partition coefficient (Wildman–Crippen LogP) is 3.54. The second-order valence-electron chi connectivity index (χ2n) is 7.91. The predicted molar refractivity (Wildman–Crippen MR) is 131 cm³/mol. The summed E-state index contributed by atoms with van der Waals surface area (Å²) >= 11 is 12.5. The van der Waals surface area contributed by atoms with Crippen molar-refractivity contribution in [2.75, 3.05) is 6.61 Å². The van der Waals surface area contributed by atoms with Crippen LogP contribution < -0.4 is 11.2 Å². The first-order valence-corrected chi connectivity index (χ1v) is 11.4. The molecule has 8 nitrogen and oxygen atoms in total. The maximum absolute atomic E-state index is 12.8. The lowest BCUT2D eigenvalue weighted by molar-refractivity contribution is -0.0368. The zero-order valence-electron chi connectivity index (χ0n) is 18.8. The molecule has 4 rings (SSSR count). The molecule has 10 heteroatoms. The van der Waals surface area contributed by atoms with Crippen molar-refractivity contribution in [3.05, 3.63) is 96.9 Å². The number of fused-ring (bicyclic) bond motifs is 1. The van der Waals surface area contributed by atoms with Gasteiger partial charge < -0.3 is 14.0 Å². The molecule has 0 fully saturated rings. The van der Waals surface area contributed by atoms with Crippen molar-refractivity contribution in [2.24, 2.45) is 14.1 Å². The van der Waals surface area contributed by atoms with Crippen LogP contribution in [0.25, 0.3) is 11.2 Å². The monoisotopic (exact) mass is 502 g/mol. The normalized spacial score (nSPS) is 12.4. The minimum Gasteiger partial charge on any atom is -0.374 e. The van der Waals surface area contributed by atoms with Gasteiger partial charge in [0, 0.05) is 24.1 Å². The Labute approximate surface area is 205 Å². The van der Waals surface area contributed by atoms with Crippen molar-refractivity contribution in [1.29, 1.82) is 0 Å². The molecular formula is C24H24Cl2N4O4. The molecule has 0 aliphatic rings. The number of ether oxygens (including phenoxy) is 2. The third kappa shape index (κ3) is 5.10. The third-order valence-corrected chi connectivity index (χ3v) is 6.31. The van der Waals surface area contributed by atoms with Gasteiger partial charge in [-0.05, 0) is 23.3 Å². The first-order valence-electron chi connectivity index (χ1n) is 10.6. The Kier molecular flexibility index (Phi) is 7.53. The van der Waals surface area contributed by atoms with Gasteiger partial charge in [0.2, 0.25) is 0 Å². The van der Waals surface area contributed by atoms with E-state index in [1.54, 1.807) is 17.7 Å². The van der Waals surface area contributed by atoms with Crippen LogP contribution >= 0.6 is 23.2 Å². The highest BCUT2D eigenvalue weighted by Gasteiger charge is 2.19. The van der Waals surface area contributed by atoms with Gasteiger partial charge in [-0.2, -0.15) is 0 Å². The molecule has 0 radical (unpaired) electrons. The number of hydrogen-bond acceptors (Lipinski definition) is 5. The van der Waals surface area contributed by atoms with Crippen LogP contribution in [0, 0.1) is 0 Å². The van der Waals surface area contributed by atoms with Gasteiger partial charge in [0.05, 0.1) is 38.8 Å². The number of benzene rings is 2. The molecule has 2 heterocycles. The lowest BCUT2D eigenvalue weighted by Crippen LogP contribution is -2.38. The molecule has 0 amide bonds. The van der Waals surface area contributed by atoms with Crippen molar-refractivity contribution >= 4 is 34.4 Å².